The third-order valence-corrected chi connectivity index (χ3v) is 6.49. The van der Waals surface area contributed by atoms with Gasteiger partial charge in [0, 0.05) is 11.8 Å². The minimum atomic E-state index is -3.31. The summed E-state index contributed by atoms with van der Waals surface area (Å²) in [5.41, 5.74) is 2.35. The van der Waals surface area contributed by atoms with Crippen molar-refractivity contribution in [3.8, 4) is 11.5 Å². The van der Waals surface area contributed by atoms with Crippen molar-refractivity contribution in [2.75, 3.05) is 11.6 Å². The predicted molar refractivity (Wildman–Crippen MR) is 135 cm³/mol. The number of aromatic nitrogens is 1. The van der Waals surface area contributed by atoms with Crippen LogP contribution in [-0.4, -0.2) is 36.8 Å². The Morgan fingerprint density at radius 3 is 2.43 bits per heavy atom. The SMILES string of the molecule is CC(O)Cc1cc(Oc2ccc(S(C)(=O)=O)cc2)cc(C(=O)Nc2ncco2)c1.Cc1ccsc1. The second-order valence-corrected chi connectivity index (χ2v) is 10.7. The van der Waals surface area contributed by atoms with Gasteiger partial charge in [-0.1, -0.05) is 0 Å². The van der Waals surface area contributed by atoms with Crippen LogP contribution in [0.2, 0.25) is 0 Å². The maximum absolute atomic E-state index is 12.5. The second-order valence-electron chi connectivity index (χ2n) is 7.86. The van der Waals surface area contributed by atoms with Gasteiger partial charge in [-0.3, -0.25) is 10.1 Å². The van der Waals surface area contributed by atoms with Crippen molar-refractivity contribution in [1.29, 1.82) is 0 Å². The molecule has 4 aromatic rings. The van der Waals surface area contributed by atoms with Crippen molar-refractivity contribution >= 4 is 33.1 Å². The summed E-state index contributed by atoms with van der Waals surface area (Å²) in [7, 11) is -3.31. The number of nitrogens with zero attached hydrogens (tertiary/aromatic N) is 1. The van der Waals surface area contributed by atoms with Crippen molar-refractivity contribution in [3.05, 3.63) is 88.4 Å². The number of aliphatic hydroxyl groups is 1. The van der Waals surface area contributed by atoms with Crippen LogP contribution in [0.4, 0.5) is 6.01 Å². The second kappa shape index (κ2) is 11.8. The lowest BCUT2D eigenvalue weighted by Gasteiger charge is -2.12. The Hall–Kier alpha value is -3.47. The molecule has 0 radical (unpaired) electrons. The predicted octanol–water partition coefficient (Wildman–Crippen LogP) is 5.10. The Kier molecular flexibility index (Phi) is 8.80. The topological polar surface area (TPSA) is 119 Å². The summed E-state index contributed by atoms with van der Waals surface area (Å²) in [6.07, 6.45) is 3.59. The van der Waals surface area contributed by atoms with Crippen molar-refractivity contribution < 1.29 is 27.5 Å². The molecule has 0 aliphatic rings. The lowest BCUT2D eigenvalue weighted by atomic mass is 10.0. The molecular weight excluding hydrogens is 488 g/mol. The number of carbonyl (C=O) groups is 1. The number of thiophene rings is 1. The van der Waals surface area contributed by atoms with E-state index in [4.69, 9.17) is 9.15 Å². The molecule has 0 saturated carbocycles. The highest BCUT2D eigenvalue weighted by Gasteiger charge is 2.14. The first-order chi connectivity index (χ1) is 16.6. The summed E-state index contributed by atoms with van der Waals surface area (Å²) in [4.78, 5) is 16.5. The normalized spacial score (nSPS) is 11.8. The smallest absolute Gasteiger partial charge is 0.301 e. The van der Waals surface area contributed by atoms with Crippen LogP contribution in [0.15, 0.2) is 81.1 Å². The van der Waals surface area contributed by atoms with Crippen LogP contribution in [0.25, 0.3) is 0 Å². The van der Waals surface area contributed by atoms with E-state index in [0.29, 0.717) is 29.0 Å². The van der Waals surface area contributed by atoms with Gasteiger partial charge in [0.05, 0.1) is 17.2 Å². The van der Waals surface area contributed by atoms with Crippen LogP contribution in [0.3, 0.4) is 0 Å². The molecule has 184 valence electrons. The summed E-state index contributed by atoms with van der Waals surface area (Å²) in [6.45, 7) is 3.74. The van der Waals surface area contributed by atoms with Crippen LogP contribution < -0.4 is 10.1 Å². The average molecular weight is 515 g/mol. The van der Waals surface area contributed by atoms with E-state index in [-0.39, 0.29) is 10.9 Å². The first-order valence-electron chi connectivity index (χ1n) is 10.6. The summed E-state index contributed by atoms with van der Waals surface area (Å²) in [6, 6.07) is 13.0. The summed E-state index contributed by atoms with van der Waals surface area (Å²) in [5, 5.41) is 16.4. The molecule has 0 aliphatic heterocycles. The van der Waals surface area contributed by atoms with E-state index < -0.39 is 21.8 Å². The lowest BCUT2D eigenvalue weighted by molar-refractivity contribution is 0.102. The molecule has 8 nitrogen and oxygen atoms in total. The Balaban J connectivity index is 0.000000497. The highest BCUT2D eigenvalue weighted by Crippen LogP contribution is 2.26. The van der Waals surface area contributed by atoms with E-state index in [9.17, 15) is 18.3 Å². The number of oxazole rings is 1. The number of benzene rings is 2. The van der Waals surface area contributed by atoms with Gasteiger partial charge in [-0.15, -0.1) is 0 Å². The monoisotopic (exact) mass is 514 g/mol. The fraction of sp³-hybridized carbons (Fsp3) is 0.200. The molecule has 2 aromatic carbocycles. The van der Waals surface area contributed by atoms with Gasteiger partial charge in [0.2, 0.25) is 0 Å². The molecule has 0 fully saturated rings. The molecule has 35 heavy (non-hydrogen) atoms. The van der Waals surface area contributed by atoms with E-state index in [1.807, 2.05) is 0 Å². The molecule has 2 aromatic heterocycles. The largest absolute Gasteiger partial charge is 0.457 e. The van der Waals surface area contributed by atoms with E-state index >= 15 is 0 Å². The molecule has 0 saturated heterocycles. The summed E-state index contributed by atoms with van der Waals surface area (Å²) < 4.78 is 34.0. The molecular formula is C25H26N2O6S2. The van der Waals surface area contributed by atoms with Gasteiger partial charge < -0.3 is 14.3 Å². The van der Waals surface area contributed by atoms with Gasteiger partial charge >= 0.3 is 6.01 Å². The maximum Gasteiger partial charge on any atom is 0.301 e. The number of rotatable bonds is 7. The number of hydrogen-bond donors (Lipinski definition) is 2. The minimum absolute atomic E-state index is 0.0646. The number of nitrogens with one attached hydrogen (secondary N) is 1. The Morgan fingerprint density at radius 2 is 1.91 bits per heavy atom. The van der Waals surface area contributed by atoms with Gasteiger partial charge in [0.15, 0.2) is 9.84 Å². The van der Waals surface area contributed by atoms with E-state index in [1.165, 1.54) is 48.4 Å². The van der Waals surface area contributed by atoms with E-state index in [1.54, 1.807) is 30.4 Å². The first-order valence-corrected chi connectivity index (χ1v) is 13.4. The number of aryl methyl sites for hydroxylation is 1. The van der Waals surface area contributed by atoms with Crippen LogP contribution in [0.5, 0.6) is 11.5 Å². The quantitative estimate of drug-likeness (QED) is 0.352. The number of amides is 1. The van der Waals surface area contributed by atoms with Crippen molar-refractivity contribution in [2.45, 2.75) is 31.3 Å². The molecule has 2 N–H and O–H groups in total. The third kappa shape index (κ3) is 8.36. The zero-order chi connectivity index (χ0) is 25.4. The van der Waals surface area contributed by atoms with Crippen LogP contribution in [-0.2, 0) is 16.3 Å². The number of hydrogen-bond acceptors (Lipinski definition) is 8. The third-order valence-electron chi connectivity index (χ3n) is 4.56. The van der Waals surface area contributed by atoms with E-state index in [0.717, 1.165) is 6.26 Å². The van der Waals surface area contributed by atoms with E-state index in [2.05, 4.69) is 34.1 Å². The van der Waals surface area contributed by atoms with Gasteiger partial charge in [-0.25, -0.2) is 13.4 Å². The molecule has 4 rings (SSSR count). The minimum Gasteiger partial charge on any atom is -0.457 e. The number of ether oxygens (including phenoxy) is 1. The molecule has 1 atom stereocenters. The van der Waals surface area contributed by atoms with Crippen molar-refractivity contribution in [2.24, 2.45) is 0 Å². The first kappa shape index (κ1) is 26.1. The average Bonchev–Trinajstić information content (AvgIpc) is 3.47. The summed E-state index contributed by atoms with van der Waals surface area (Å²) in [5.74, 6) is 0.329. The highest BCUT2D eigenvalue weighted by atomic mass is 32.2. The van der Waals surface area contributed by atoms with Crippen LogP contribution in [0.1, 0.15) is 28.4 Å². The number of sulfone groups is 1. The molecule has 0 spiro atoms. The van der Waals surface area contributed by atoms with Gasteiger partial charge in [0.25, 0.3) is 5.91 Å². The zero-order valence-electron chi connectivity index (χ0n) is 19.5. The molecule has 2 heterocycles. The standard InChI is InChI=1S/C20H20N2O6S.C5H6S/c1-13(23)9-14-10-15(19(24)22-20-21-7-8-27-20)12-17(11-14)28-16-3-5-18(6-4-16)29(2,25)26;1-5-2-3-6-4-5/h3-8,10-13,23H,9H2,1-2H3,(H,21,22,24);2-4H,1H3. The molecule has 10 heteroatoms. The Morgan fingerprint density at radius 1 is 1.17 bits per heavy atom. The fourth-order valence-electron chi connectivity index (χ4n) is 2.99. The summed E-state index contributed by atoms with van der Waals surface area (Å²) >= 11 is 1.74. The van der Waals surface area contributed by atoms with Gasteiger partial charge in [-0.2, -0.15) is 11.3 Å². The van der Waals surface area contributed by atoms with Crippen LogP contribution in [0, 0.1) is 6.92 Å². The number of carbonyl (C=O) groups excluding carboxylic acids is 1. The van der Waals surface area contributed by atoms with Crippen molar-refractivity contribution in [1.82, 2.24) is 4.98 Å². The van der Waals surface area contributed by atoms with Crippen molar-refractivity contribution in [3.63, 3.8) is 0 Å². The zero-order valence-corrected chi connectivity index (χ0v) is 21.1. The number of anilines is 1. The van der Waals surface area contributed by atoms with Crippen LogP contribution >= 0.6 is 11.3 Å². The van der Waals surface area contributed by atoms with Gasteiger partial charge in [-0.05, 0) is 90.7 Å². The molecule has 0 bridgehead atoms. The Labute approximate surface area is 208 Å². The number of aliphatic hydroxyl groups excluding tert-OH is 1. The molecule has 1 amide bonds. The highest BCUT2D eigenvalue weighted by molar-refractivity contribution is 7.90. The van der Waals surface area contributed by atoms with Gasteiger partial charge in [0.1, 0.15) is 17.8 Å². The fourth-order valence-corrected chi connectivity index (χ4v) is 4.28. The molecule has 0 aliphatic carbocycles. The Bertz CT molecular complexity index is 1330. The lowest BCUT2D eigenvalue weighted by Crippen LogP contribution is -2.13. The molecule has 1 unspecified atom stereocenters. The maximum atomic E-state index is 12.5.